The third kappa shape index (κ3) is 3.61. The number of nitrogens with zero attached hydrogens (tertiary/aromatic N) is 3. The fraction of sp³-hybridized carbons (Fsp3) is 0.176. The molecule has 0 aliphatic heterocycles. The maximum absolute atomic E-state index is 11.9. The third-order valence-corrected chi connectivity index (χ3v) is 3.84. The summed E-state index contributed by atoms with van der Waals surface area (Å²) in [6, 6.07) is 7.43. The molecule has 0 aliphatic rings. The second kappa shape index (κ2) is 6.90. The molecule has 0 saturated heterocycles. The van der Waals surface area contributed by atoms with Crippen molar-refractivity contribution >= 4 is 34.2 Å². The molecule has 0 atom stereocenters. The van der Waals surface area contributed by atoms with Crippen molar-refractivity contribution in [1.29, 1.82) is 0 Å². The SMILES string of the molecule is CCOC(=O)c1cn(Cc2ccc3ncc(Cl)cc3c2)cc1[N+](=O)[O-]. The number of rotatable bonds is 5. The summed E-state index contributed by atoms with van der Waals surface area (Å²) in [4.78, 5) is 26.7. The molecule has 2 heterocycles. The van der Waals surface area contributed by atoms with Crippen LogP contribution in [0, 0.1) is 10.1 Å². The van der Waals surface area contributed by atoms with Crippen LogP contribution in [0.25, 0.3) is 10.9 Å². The Balaban J connectivity index is 1.93. The van der Waals surface area contributed by atoms with E-state index >= 15 is 0 Å². The van der Waals surface area contributed by atoms with Gasteiger partial charge >= 0.3 is 11.7 Å². The fourth-order valence-electron chi connectivity index (χ4n) is 2.56. The van der Waals surface area contributed by atoms with Crippen LogP contribution in [0.3, 0.4) is 0 Å². The van der Waals surface area contributed by atoms with Gasteiger partial charge < -0.3 is 9.30 Å². The second-order valence-corrected chi connectivity index (χ2v) is 5.82. The summed E-state index contributed by atoms with van der Waals surface area (Å²) in [7, 11) is 0. The zero-order valence-electron chi connectivity index (χ0n) is 13.3. The molecule has 2 aromatic heterocycles. The number of aromatic nitrogens is 2. The van der Waals surface area contributed by atoms with Crippen molar-refractivity contribution in [3.63, 3.8) is 0 Å². The van der Waals surface area contributed by atoms with Crippen LogP contribution in [0.4, 0.5) is 5.69 Å². The Bertz CT molecular complexity index is 968. The molecule has 1 aromatic carbocycles. The molecule has 0 spiro atoms. The highest BCUT2D eigenvalue weighted by molar-refractivity contribution is 6.31. The Morgan fingerprint density at radius 2 is 2.16 bits per heavy atom. The molecule has 7 nitrogen and oxygen atoms in total. The van der Waals surface area contributed by atoms with E-state index in [1.54, 1.807) is 23.8 Å². The Morgan fingerprint density at radius 1 is 1.36 bits per heavy atom. The highest BCUT2D eigenvalue weighted by atomic mass is 35.5. The van der Waals surface area contributed by atoms with Crippen molar-refractivity contribution in [3.05, 3.63) is 69.1 Å². The van der Waals surface area contributed by atoms with Crippen LogP contribution in [-0.4, -0.2) is 27.1 Å². The Labute approximate surface area is 148 Å². The van der Waals surface area contributed by atoms with Crippen LogP contribution in [-0.2, 0) is 11.3 Å². The van der Waals surface area contributed by atoms with Crippen molar-refractivity contribution in [3.8, 4) is 0 Å². The van der Waals surface area contributed by atoms with Crippen molar-refractivity contribution in [2.24, 2.45) is 0 Å². The first-order valence-electron chi connectivity index (χ1n) is 7.53. The summed E-state index contributed by atoms with van der Waals surface area (Å²) in [6.07, 6.45) is 4.33. The molecule has 128 valence electrons. The van der Waals surface area contributed by atoms with Crippen molar-refractivity contribution in [2.75, 3.05) is 6.61 Å². The molecule has 3 aromatic rings. The smallest absolute Gasteiger partial charge is 0.346 e. The van der Waals surface area contributed by atoms with E-state index in [1.165, 1.54) is 12.4 Å². The largest absolute Gasteiger partial charge is 0.462 e. The van der Waals surface area contributed by atoms with Crippen LogP contribution < -0.4 is 0 Å². The number of benzene rings is 1. The van der Waals surface area contributed by atoms with Gasteiger partial charge in [-0.3, -0.25) is 15.1 Å². The fourth-order valence-corrected chi connectivity index (χ4v) is 2.73. The Kier molecular flexibility index (Phi) is 4.67. The summed E-state index contributed by atoms with van der Waals surface area (Å²) >= 11 is 5.96. The number of halogens is 1. The lowest BCUT2D eigenvalue weighted by Gasteiger charge is -2.05. The number of hydrogen-bond donors (Lipinski definition) is 0. The lowest BCUT2D eigenvalue weighted by molar-refractivity contribution is -0.385. The van der Waals surface area contributed by atoms with E-state index in [9.17, 15) is 14.9 Å². The summed E-state index contributed by atoms with van der Waals surface area (Å²) in [6.45, 7) is 2.16. The number of ether oxygens (including phenoxy) is 1. The molecule has 0 fully saturated rings. The predicted molar refractivity (Wildman–Crippen MR) is 92.9 cm³/mol. The number of hydrogen-bond acceptors (Lipinski definition) is 5. The number of carbonyl (C=O) groups excluding carboxylic acids is 1. The molecule has 0 unspecified atom stereocenters. The number of fused-ring (bicyclic) bond motifs is 1. The van der Waals surface area contributed by atoms with E-state index in [2.05, 4.69) is 4.98 Å². The molecule has 0 bridgehead atoms. The molecular weight excluding hydrogens is 346 g/mol. The van der Waals surface area contributed by atoms with E-state index in [0.717, 1.165) is 16.5 Å². The highest BCUT2D eigenvalue weighted by Gasteiger charge is 2.24. The lowest BCUT2D eigenvalue weighted by atomic mass is 10.1. The van der Waals surface area contributed by atoms with E-state index < -0.39 is 10.9 Å². The average molecular weight is 360 g/mol. The molecule has 0 radical (unpaired) electrons. The molecule has 8 heteroatoms. The van der Waals surface area contributed by atoms with E-state index in [-0.39, 0.29) is 17.9 Å². The van der Waals surface area contributed by atoms with Gasteiger partial charge in [0.2, 0.25) is 0 Å². The van der Waals surface area contributed by atoms with Crippen molar-refractivity contribution in [1.82, 2.24) is 9.55 Å². The standard InChI is InChI=1S/C17H14ClN3O4/c1-2-25-17(22)14-9-20(10-16(14)21(23)24)8-11-3-4-15-12(5-11)6-13(18)7-19-15/h3-7,9-10H,2,8H2,1H3. The van der Waals surface area contributed by atoms with Gasteiger partial charge in [-0.15, -0.1) is 0 Å². The minimum atomic E-state index is -0.706. The van der Waals surface area contributed by atoms with Crippen LogP contribution in [0.2, 0.25) is 5.02 Å². The predicted octanol–water partition coefficient (Wildman–Crippen LogP) is 3.82. The van der Waals surface area contributed by atoms with Gasteiger partial charge in [-0.1, -0.05) is 17.7 Å². The normalized spacial score (nSPS) is 10.8. The summed E-state index contributed by atoms with van der Waals surface area (Å²) in [5.74, 6) is -0.706. The van der Waals surface area contributed by atoms with Crippen LogP contribution in [0.1, 0.15) is 22.8 Å². The maximum atomic E-state index is 11.9. The first kappa shape index (κ1) is 16.9. The van der Waals surface area contributed by atoms with Gasteiger partial charge in [-0.2, -0.15) is 0 Å². The van der Waals surface area contributed by atoms with Gasteiger partial charge in [0.1, 0.15) is 0 Å². The maximum Gasteiger partial charge on any atom is 0.346 e. The molecule has 0 aliphatic carbocycles. The quantitative estimate of drug-likeness (QED) is 0.392. The second-order valence-electron chi connectivity index (χ2n) is 5.39. The Morgan fingerprint density at radius 3 is 2.88 bits per heavy atom. The minimum absolute atomic E-state index is 0.0580. The van der Waals surface area contributed by atoms with Gasteiger partial charge in [-0.05, 0) is 30.7 Å². The molecule has 3 rings (SSSR count). The molecule has 0 saturated carbocycles. The van der Waals surface area contributed by atoms with Crippen LogP contribution in [0.5, 0.6) is 0 Å². The van der Waals surface area contributed by atoms with E-state index in [1.807, 2.05) is 18.2 Å². The first-order valence-corrected chi connectivity index (χ1v) is 7.91. The van der Waals surface area contributed by atoms with Gasteiger partial charge in [0, 0.05) is 24.3 Å². The van der Waals surface area contributed by atoms with Gasteiger partial charge in [0.05, 0.1) is 28.3 Å². The first-order chi connectivity index (χ1) is 12.0. The van der Waals surface area contributed by atoms with Crippen molar-refractivity contribution < 1.29 is 14.5 Å². The molecule has 25 heavy (non-hydrogen) atoms. The number of esters is 1. The van der Waals surface area contributed by atoms with Crippen molar-refractivity contribution in [2.45, 2.75) is 13.5 Å². The Hall–Kier alpha value is -2.93. The highest BCUT2D eigenvalue weighted by Crippen LogP contribution is 2.23. The summed E-state index contributed by atoms with van der Waals surface area (Å²) in [5, 5.41) is 12.6. The number of pyridine rings is 1. The lowest BCUT2D eigenvalue weighted by Crippen LogP contribution is -2.06. The number of nitro groups is 1. The average Bonchev–Trinajstić information content (AvgIpc) is 2.99. The summed E-state index contributed by atoms with van der Waals surface area (Å²) < 4.78 is 6.46. The topological polar surface area (TPSA) is 87.3 Å². The van der Waals surface area contributed by atoms with Crippen LogP contribution >= 0.6 is 11.6 Å². The molecular formula is C17H14ClN3O4. The number of carbonyl (C=O) groups is 1. The minimum Gasteiger partial charge on any atom is -0.462 e. The molecule has 0 amide bonds. The van der Waals surface area contributed by atoms with E-state index in [0.29, 0.717) is 11.6 Å². The zero-order chi connectivity index (χ0) is 18.0. The summed E-state index contributed by atoms with van der Waals surface area (Å²) in [5.41, 5.74) is 1.37. The molecule has 0 N–H and O–H groups in total. The van der Waals surface area contributed by atoms with Gasteiger partial charge in [-0.25, -0.2) is 4.79 Å². The van der Waals surface area contributed by atoms with Gasteiger partial charge in [0.25, 0.3) is 0 Å². The zero-order valence-corrected chi connectivity index (χ0v) is 14.1. The monoisotopic (exact) mass is 359 g/mol. The van der Waals surface area contributed by atoms with E-state index in [4.69, 9.17) is 16.3 Å². The van der Waals surface area contributed by atoms with Gasteiger partial charge in [0.15, 0.2) is 5.56 Å². The third-order valence-electron chi connectivity index (χ3n) is 3.63. The van der Waals surface area contributed by atoms with Crippen LogP contribution in [0.15, 0.2) is 42.9 Å².